The van der Waals surface area contributed by atoms with Crippen LogP contribution in [-0.4, -0.2) is 22.8 Å². The lowest BCUT2D eigenvalue weighted by Crippen LogP contribution is -2.37. The first-order valence-corrected chi connectivity index (χ1v) is 11.6. The van der Waals surface area contributed by atoms with Gasteiger partial charge in [0.15, 0.2) is 6.10 Å². The Hall–Kier alpha value is -4.27. The van der Waals surface area contributed by atoms with Crippen molar-refractivity contribution in [3.63, 3.8) is 0 Å². The second-order valence-electron chi connectivity index (χ2n) is 8.63. The molecule has 4 aromatic rings. The van der Waals surface area contributed by atoms with Gasteiger partial charge in [-0.2, -0.15) is 0 Å². The van der Waals surface area contributed by atoms with E-state index >= 15 is 0 Å². The standard InChI is InChI=1S/C27H18ClN3O5/c28-21-14-13-18(15-22(21)31(34)35)29-26(32)23-24(20-12-6-8-16-7-4-5-11-19(16)20)30(36-25(23)27(29)33)17-9-2-1-3-10-17/h1-15,23-25H/t23-,24-,25+/m0/s1. The Morgan fingerprint density at radius 3 is 2.33 bits per heavy atom. The number of fused-ring (bicyclic) bond motifs is 2. The van der Waals surface area contributed by atoms with E-state index in [0.717, 1.165) is 27.3 Å². The van der Waals surface area contributed by atoms with Gasteiger partial charge in [0.05, 0.1) is 22.3 Å². The second kappa shape index (κ2) is 8.44. The number of para-hydroxylation sites is 1. The summed E-state index contributed by atoms with van der Waals surface area (Å²) in [6.07, 6.45) is -1.09. The molecule has 2 heterocycles. The highest BCUT2D eigenvalue weighted by molar-refractivity contribution is 6.33. The van der Waals surface area contributed by atoms with E-state index in [1.54, 1.807) is 5.06 Å². The molecule has 2 aliphatic rings. The fourth-order valence-corrected chi connectivity index (χ4v) is 5.26. The van der Waals surface area contributed by atoms with E-state index in [1.807, 2.05) is 72.8 Å². The Bertz CT molecular complexity index is 1540. The second-order valence-corrected chi connectivity index (χ2v) is 9.04. The molecule has 36 heavy (non-hydrogen) atoms. The quantitative estimate of drug-likeness (QED) is 0.210. The molecule has 0 aromatic heterocycles. The van der Waals surface area contributed by atoms with Crippen molar-refractivity contribution >= 4 is 51.2 Å². The first kappa shape index (κ1) is 22.2. The van der Waals surface area contributed by atoms with Crippen molar-refractivity contribution < 1.29 is 19.3 Å². The predicted octanol–water partition coefficient (Wildman–Crippen LogP) is 5.45. The highest BCUT2D eigenvalue weighted by atomic mass is 35.5. The fourth-order valence-electron chi connectivity index (χ4n) is 5.07. The summed E-state index contributed by atoms with van der Waals surface area (Å²) in [6, 6.07) is 26.2. The van der Waals surface area contributed by atoms with Gasteiger partial charge < -0.3 is 0 Å². The summed E-state index contributed by atoms with van der Waals surface area (Å²) in [5.74, 6) is -1.93. The Labute approximate surface area is 210 Å². The van der Waals surface area contributed by atoms with E-state index in [4.69, 9.17) is 16.4 Å². The molecule has 0 unspecified atom stereocenters. The van der Waals surface area contributed by atoms with Crippen LogP contribution in [0.4, 0.5) is 17.1 Å². The molecule has 9 heteroatoms. The molecule has 6 rings (SSSR count). The molecule has 2 aliphatic heterocycles. The SMILES string of the molecule is O=C1[C@@H]2[C@@H](ON(c3ccccc3)[C@H]2c2cccc3ccccc23)C(=O)N1c1ccc(Cl)c([N+](=O)[O-])c1. The van der Waals surface area contributed by atoms with Gasteiger partial charge in [0.1, 0.15) is 10.9 Å². The number of halogens is 1. The van der Waals surface area contributed by atoms with Gasteiger partial charge in [-0.3, -0.25) is 24.5 Å². The lowest BCUT2D eigenvalue weighted by atomic mass is 9.87. The maximum atomic E-state index is 13.9. The van der Waals surface area contributed by atoms with Crippen LogP contribution in [-0.2, 0) is 14.4 Å². The van der Waals surface area contributed by atoms with Gasteiger partial charge in [-0.25, -0.2) is 9.96 Å². The van der Waals surface area contributed by atoms with E-state index in [2.05, 4.69) is 0 Å². The number of anilines is 2. The van der Waals surface area contributed by atoms with Crippen LogP contribution in [0.25, 0.3) is 10.8 Å². The number of nitro benzene ring substituents is 1. The molecule has 0 saturated carbocycles. The molecule has 0 aliphatic carbocycles. The molecule has 178 valence electrons. The van der Waals surface area contributed by atoms with Gasteiger partial charge in [0, 0.05) is 6.07 Å². The average Bonchev–Trinajstić information content (AvgIpc) is 3.40. The Morgan fingerprint density at radius 2 is 1.56 bits per heavy atom. The molecule has 0 radical (unpaired) electrons. The number of rotatable bonds is 4. The number of hydroxylamine groups is 1. The number of imide groups is 1. The van der Waals surface area contributed by atoms with Crippen molar-refractivity contribution in [2.45, 2.75) is 12.1 Å². The smallest absolute Gasteiger partial charge is 0.273 e. The van der Waals surface area contributed by atoms with Crippen molar-refractivity contribution in [3.8, 4) is 0 Å². The molecule has 0 spiro atoms. The molecule has 2 amide bonds. The summed E-state index contributed by atoms with van der Waals surface area (Å²) in [5.41, 5.74) is 1.25. The Kier molecular flexibility index (Phi) is 5.21. The van der Waals surface area contributed by atoms with Crippen LogP contribution < -0.4 is 9.96 Å². The minimum Gasteiger partial charge on any atom is -0.273 e. The summed E-state index contributed by atoms with van der Waals surface area (Å²) in [6.45, 7) is 0. The van der Waals surface area contributed by atoms with Crippen LogP contribution in [0, 0.1) is 16.0 Å². The van der Waals surface area contributed by atoms with Crippen molar-refractivity contribution in [3.05, 3.63) is 112 Å². The third-order valence-corrected chi connectivity index (χ3v) is 6.97. The molecule has 2 fully saturated rings. The van der Waals surface area contributed by atoms with Gasteiger partial charge in [0.2, 0.25) is 5.91 Å². The molecule has 2 saturated heterocycles. The lowest BCUT2D eigenvalue weighted by molar-refractivity contribution is -0.384. The number of hydrogen-bond acceptors (Lipinski definition) is 6. The van der Waals surface area contributed by atoms with Gasteiger partial charge in [0.25, 0.3) is 11.6 Å². The monoisotopic (exact) mass is 499 g/mol. The number of amides is 2. The summed E-state index contributed by atoms with van der Waals surface area (Å²) in [4.78, 5) is 45.3. The zero-order valence-electron chi connectivity index (χ0n) is 18.7. The fraction of sp³-hybridized carbons (Fsp3) is 0.111. The number of nitro groups is 1. The number of hydrogen-bond donors (Lipinski definition) is 0. The minimum atomic E-state index is -1.09. The van der Waals surface area contributed by atoms with Crippen molar-refractivity contribution in [2.24, 2.45) is 5.92 Å². The van der Waals surface area contributed by atoms with Crippen LogP contribution in [0.5, 0.6) is 0 Å². The molecular weight excluding hydrogens is 482 g/mol. The van der Waals surface area contributed by atoms with Crippen molar-refractivity contribution in [1.82, 2.24) is 0 Å². The highest BCUT2D eigenvalue weighted by Gasteiger charge is 2.60. The topological polar surface area (TPSA) is 93.0 Å². The largest absolute Gasteiger partial charge is 0.289 e. The Balaban J connectivity index is 1.49. The molecule has 0 bridgehead atoms. The zero-order valence-corrected chi connectivity index (χ0v) is 19.4. The molecule has 8 nitrogen and oxygen atoms in total. The summed E-state index contributed by atoms with van der Waals surface area (Å²) < 4.78 is 0. The van der Waals surface area contributed by atoms with E-state index < -0.39 is 34.8 Å². The molecule has 4 aromatic carbocycles. The normalized spacial score (nSPS) is 21.3. The van der Waals surface area contributed by atoms with Gasteiger partial charge >= 0.3 is 0 Å². The van der Waals surface area contributed by atoms with E-state index in [0.29, 0.717) is 5.69 Å². The molecule has 3 atom stereocenters. The van der Waals surface area contributed by atoms with E-state index in [1.165, 1.54) is 12.1 Å². The predicted molar refractivity (Wildman–Crippen MR) is 135 cm³/mol. The average molecular weight is 500 g/mol. The molecule has 0 N–H and O–H groups in total. The third-order valence-electron chi connectivity index (χ3n) is 6.65. The van der Waals surface area contributed by atoms with Crippen LogP contribution >= 0.6 is 11.6 Å². The van der Waals surface area contributed by atoms with Crippen LogP contribution in [0.15, 0.2) is 91.0 Å². The molecular formula is C27H18ClN3O5. The van der Waals surface area contributed by atoms with Crippen molar-refractivity contribution in [1.29, 1.82) is 0 Å². The Morgan fingerprint density at radius 1 is 0.833 bits per heavy atom. The number of carbonyl (C=O) groups excluding carboxylic acids is 2. The third kappa shape index (κ3) is 3.34. The van der Waals surface area contributed by atoms with E-state index in [9.17, 15) is 19.7 Å². The lowest BCUT2D eigenvalue weighted by Gasteiger charge is -2.29. The van der Waals surface area contributed by atoms with E-state index in [-0.39, 0.29) is 16.4 Å². The maximum absolute atomic E-state index is 13.9. The van der Waals surface area contributed by atoms with Gasteiger partial charge in [-0.05, 0) is 40.6 Å². The van der Waals surface area contributed by atoms with Gasteiger partial charge in [-0.1, -0.05) is 72.3 Å². The number of benzene rings is 4. The number of nitrogens with zero attached hydrogens (tertiary/aromatic N) is 3. The van der Waals surface area contributed by atoms with Crippen molar-refractivity contribution in [2.75, 3.05) is 9.96 Å². The maximum Gasteiger partial charge on any atom is 0.289 e. The summed E-state index contributed by atoms with van der Waals surface area (Å²) in [7, 11) is 0. The van der Waals surface area contributed by atoms with Crippen LogP contribution in [0.1, 0.15) is 11.6 Å². The van der Waals surface area contributed by atoms with Crippen LogP contribution in [0.3, 0.4) is 0 Å². The van der Waals surface area contributed by atoms with Gasteiger partial charge in [-0.15, -0.1) is 0 Å². The minimum absolute atomic E-state index is 0.0804. The number of carbonyl (C=O) groups is 2. The first-order chi connectivity index (χ1) is 17.5. The zero-order chi connectivity index (χ0) is 25.0. The van der Waals surface area contributed by atoms with Crippen LogP contribution in [0.2, 0.25) is 5.02 Å². The summed E-state index contributed by atoms with van der Waals surface area (Å²) >= 11 is 5.95. The summed E-state index contributed by atoms with van der Waals surface area (Å²) in [5, 5.41) is 14.9. The first-order valence-electron chi connectivity index (χ1n) is 11.3. The highest BCUT2D eigenvalue weighted by Crippen LogP contribution is 2.49.